The van der Waals surface area contributed by atoms with Gasteiger partial charge in [0.25, 0.3) is 11.8 Å². The lowest BCUT2D eigenvalue weighted by Gasteiger charge is -2.13. The van der Waals surface area contributed by atoms with Crippen molar-refractivity contribution in [2.24, 2.45) is 0 Å². The van der Waals surface area contributed by atoms with Gasteiger partial charge in [-0.1, -0.05) is 18.2 Å². The molecule has 0 bridgehead atoms. The minimum absolute atomic E-state index is 0.308. The Labute approximate surface area is 192 Å². The van der Waals surface area contributed by atoms with E-state index in [0.717, 1.165) is 10.0 Å². The van der Waals surface area contributed by atoms with E-state index in [9.17, 15) is 9.59 Å². The Hall–Kier alpha value is -3.85. The summed E-state index contributed by atoms with van der Waals surface area (Å²) >= 11 is 3.27. The summed E-state index contributed by atoms with van der Waals surface area (Å²) in [6, 6.07) is 16.0. The molecule has 9 heteroatoms. The molecule has 0 radical (unpaired) electrons. The maximum absolute atomic E-state index is 13.0. The zero-order chi connectivity index (χ0) is 22.7. The van der Waals surface area contributed by atoms with Crippen molar-refractivity contribution in [1.29, 1.82) is 0 Å². The summed E-state index contributed by atoms with van der Waals surface area (Å²) in [7, 11) is 3.12. The molecule has 8 nitrogen and oxygen atoms in total. The quantitative estimate of drug-likeness (QED) is 0.362. The number of nitrogens with one attached hydrogen (secondary N) is 3. The van der Waals surface area contributed by atoms with Gasteiger partial charge in [0.05, 0.1) is 31.0 Å². The molecular formula is C23H19BrN4O4. The van der Waals surface area contributed by atoms with E-state index in [4.69, 9.17) is 14.5 Å². The number of hydrazine groups is 1. The molecule has 0 spiro atoms. The Morgan fingerprint density at radius 1 is 0.938 bits per heavy atom. The van der Waals surface area contributed by atoms with Crippen molar-refractivity contribution < 1.29 is 19.1 Å². The van der Waals surface area contributed by atoms with Gasteiger partial charge >= 0.3 is 0 Å². The van der Waals surface area contributed by atoms with Crippen LogP contribution < -0.4 is 20.3 Å². The number of aromatic nitrogens is 2. The lowest BCUT2D eigenvalue weighted by Crippen LogP contribution is -2.41. The van der Waals surface area contributed by atoms with Gasteiger partial charge in [-0.2, -0.15) is 0 Å². The van der Waals surface area contributed by atoms with Crippen molar-refractivity contribution in [3.8, 4) is 22.8 Å². The van der Waals surface area contributed by atoms with E-state index >= 15 is 0 Å². The Kier molecular flexibility index (Phi) is 6.09. The molecule has 2 aromatic heterocycles. The van der Waals surface area contributed by atoms with Crippen LogP contribution in [0.2, 0.25) is 0 Å². The van der Waals surface area contributed by atoms with Crippen molar-refractivity contribution in [2.45, 2.75) is 0 Å². The fourth-order valence-electron chi connectivity index (χ4n) is 3.25. The standard InChI is InChI=1S/C23H19BrN4O4/c1-31-20-8-7-13(9-21(20)32-2)18-11-16(15-5-3-4-6-17(15)26-18)22(29)27-28-23(30)19-10-14(24)12-25-19/h3-12,25H,1-2H3,(H,27,29)(H,28,30). The van der Waals surface area contributed by atoms with Crippen LogP contribution in [0.5, 0.6) is 11.5 Å². The van der Waals surface area contributed by atoms with E-state index in [-0.39, 0.29) is 0 Å². The summed E-state index contributed by atoms with van der Waals surface area (Å²) in [5.74, 6) is 0.204. The van der Waals surface area contributed by atoms with Crippen LogP contribution >= 0.6 is 15.9 Å². The van der Waals surface area contributed by atoms with Gasteiger partial charge in [-0.15, -0.1) is 0 Å². The Morgan fingerprint density at radius 3 is 2.41 bits per heavy atom. The number of para-hydroxylation sites is 1. The molecule has 0 unspecified atom stereocenters. The highest BCUT2D eigenvalue weighted by molar-refractivity contribution is 9.10. The van der Waals surface area contributed by atoms with Gasteiger partial charge in [0.2, 0.25) is 0 Å². The van der Waals surface area contributed by atoms with Crippen LogP contribution in [0.1, 0.15) is 20.8 Å². The van der Waals surface area contributed by atoms with E-state index < -0.39 is 11.8 Å². The van der Waals surface area contributed by atoms with Crippen LogP contribution in [0.15, 0.2) is 65.3 Å². The number of halogens is 1. The third-order valence-corrected chi connectivity index (χ3v) is 5.28. The normalized spacial score (nSPS) is 10.6. The molecule has 0 aliphatic carbocycles. The number of benzene rings is 2. The molecule has 162 valence electrons. The van der Waals surface area contributed by atoms with Gasteiger partial charge in [-0.25, -0.2) is 4.98 Å². The molecular weight excluding hydrogens is 476 g/mol. The van der Waals surface area contributed by atoms with E-state index in [2.05, 4.69) is 31.8 Å². The predicted molar refractivity (Wildman–Crippen MR) is 124 cm³/mol. The van der Waals surface area contributed by atoms with Gasteiger partial charge in [0.1, 0.15) is 5.69 Å². The molecule has 32 heavy (non-hydrogen) atoms. The summed E-state index contributed by atoms with van der Waals surface area (Å²) in [5.41, 5.74) is 7.54. The van der Waals surface area contributed by atoms with Crippen LogP contribution in [0.3, 0.4) is 0 Å². The average Bonchev–Trinajstić information content (AvgIpc) is 3.27. The number of nitrogens with zero attached hydrogens (tertiary/aromatic N) is 1. The Balaban J connectivity index is 1.68. The number of aromatic amines is 1. The Morgan fingerprint density at radius 2 is 1.69 bits per heavy atom. The van der Waals surface area contributed by atoms with Crippen LogP contribution in [-0.4, -0.2) is 36.0 Å². The Bertz CT molecular complexity index is 1320. The van der Waals surface area contributed by atoms with Crippen molar-refractivity contribution in [1.82, 2.24) is 20.8 Å². The highest BCUT2D eigenvalue weighted by atomic mass is 79.9. The maximum atomic E-state index is 13.0. The summed E-state index contributed by atoms with van der Waals surface area (Å²) in [6.45, 7) is 0. The number of rotatable bonds is 5. The van der Waals surface area contributed by atoms with Crippen LogP contribution in [0, 0.1) is 0 Å². The highest BCUT2D eigenvalue weighted by Gasteiger charge is 2.16. The molecule has 0 fully saturated rings. The lowest BCUT2D eigenvalue weighted by molar-refractivity contribution is 0.0845. The third-order valence-electron chi connectivity index (χ3n) is 4.82. The fraction of sp³-hybridized carbons (Fsp3) is 0.0870. The maximum Gasteiger partial charge on any atom is 0.286 e. The van der Waals surface area contributed by atoms with Crippen molar-refractivity contribution >= 4 is 38.6 Å². The van der Waals surface area contributed by atoms with Gasteiger partial charge in [-0.3, -0.25) is 20.4 Å². The van der Waals surface area contributed by atoms with Gasteiger partial charge < -0.3 is 14.5 Å². The minimum atomic E-state index is -0.470. The van der Waals surface area contributed by atoms with E-state index in [1.54, 1.807) is 50.7 Å². The molecule has 2 amide bonds. The van der Waals surface area contributed by atoms with Gasteiger partial charge in [-0.05, 0) is 52.3 Å². The van der Waals surface area contributed by atoms with Gasteiger partial charge in [0, 0.05) is 21.6 Å². The number of methoxy groups -OCH3 is 2. The molecule has 2 aromatic carbocycles. The largest absolute Gasteiger partial charge is 0.493 e. The molecule has 0 saturated heterocycles. The number of carbonyl (C=O) groups is 2. The molecule has 2 heterocycles. The van der Waals surface area contributed by atoms with E-state index in [0.29, 0.717) is 39.4 Å². The average molecular weight is 495 g/mol. The summed E-state index contributed by atoms with van der Waals surface area (Å²) < 4.78 is 11.4. The SMILES string of the molecule is COc1ccc(-c2cc(C(=O)NNC(=O)c3cc(Br)c[nH]3)c3ccccc3n2)cc1OC. The number of hydrogen-bond acceptors (Lipinski definition) is 5. The molecule has 0 aliphatic rings. The van der Waals surface area contributed by atoms with Crippen LogP contribution in [0.25, 0.3) is 22.2 Å². The molecule has 0 aliphatic heterocycles. The topological polar surface area (TPSA) is 105 Å². The molecule has 4 rings (SSSR count). The second-order valence-electron chi connectivity index (χ2n) is 6.78. The first-order valence-electron chi connectivity index (χ1n) is 9.57. The number of ether oxygens (including phenoxy) is 2. The first-order valence-corrected chi connectivity index (χ1v) is 10.4. The number of fused-ring (bicyclic) bond motifs is 1. The first-order chi connectivity index (χ1) is 15.5. The summed E-state index contributed by atoms with van der Waals surface area (Å²) in [5, 5.41) is 0.658. The minimum Gasteiger partial charge on any atom is -0.493 e. The van der Waals surface area contributed by atoms with Crippen molar-refractivity contribution in [3.05, 3.63) is 76.5 Å². The number of pyridine rings is 1. The van der Waals surface area contributed by atoms with Crippen LogP contribution in [-0.2, 0) is 0 Å². The van der Waals surface area contributed by atoms with E-state index in [1.165, 1.54) is 0 Å². The third kappa shape index (κ3) is 4.28. The number of carbonyl (C=O) groups excluding carboxylic acids is 2. The first kappa shape index (κ1) is 21.4. The molecule has 4 aromatic rings. The predicted octanol–water partition coefficient (Wildman–Crippen LogP) is 4.08. The highest BCUT2D eigenvalue weighted by Crippen LogP contribution is 2.33. The number of amides is 2. The van der Waals surface area contributed by atoms with Gasteiger partial charge in [0.15, 0.2) is 11.5 Å². The lowest BCUT2D eigenvalue weighted by atomic mass is 10.0. The fourth-order valence-corrected chi connectivity index (χ4v) is 3.60. The molecule has 3 N–H and O–H groups in total. The number of H-pyrrole nitrogens is 1. The zero-order valence-electron chi connectivity index (χ0n) is 17.2. The number of hydrogen-bond donors (Lipinski definition) is 3. The second-order valence-corrected chi connectivity index (χ2v) is 7.70. The van der Waals surface area contributed by atoms with Crippen molar-refractivity contribution in [2.75, 3.05) is 14.2 Å². The monoisotopic (exact) mass is 494 g/mol. The molecule has 0 saturated carbocycles. The summed E-state index contributed by atoms with van der Waals surface area (Å²) in [6.07, 6.45) is 1.63. The zero-order valence-corrected chi connectivity index (χ0v) is 18.8. The molecule has 0 atom stereocenters. The van der Waals surface area contributed by atoms with Crippen molar-refractivity contribution in [3.63, 3.8) is 0 Å². The van der Waals surface area contributed by atoms with Crippen LogP contribution in [0.4, 0.5) is 0 Å². The van der Waals surface area contributed by atoms with E-state index in [1.807, 2.05) is 24.3 Å². The second kappa shape index (κ2) is 9.11. The smallest absolute Gasteiger partial charge is 0.286 e. The summed E-state index contributed by atoms with van der Waals surface area (Å²) in [4.78, 5) is 32.7.